The zero-order valence-electron chi connectivity index (χ0n) is 18.5. The molecule has 35 heavy (non-hydrogen) atoms. The number of nitro groups is 1. The van der Waals surface area contributed by atoms with Gasteiger partial charge in [-0.1, -0.05) is 48.5 Å². The van der Waals surface area contributed by atoms with Crippen LogP contribution in [0, 0.1) is 10.1 Å². The van der Waals surface area contributed by atoms with Gasteiger partial charge in [-0.25, -0.2) is 14.8 Å². The van der Waals surface area contributed by atoms with Crippen molar-refractivity contribution in [1.82, 2.24) is 15.4 Å². The molecule has 11 nitrogen and oxygen atoms in total. The molecule has 0 aliphatic heterocycles. The van der Waals surface area contributed by atoms with Crippen molar-refractivity contribution in [3.8, 4) is 0 Å². The molecule has 3 aromatic carbocycles. The van der Waals surface area contributed by atoms with Crippen LogP contribution in [0.3, 0.4) is 0 Å². The first-order valence-corrected chi connectivity index (χ1v) is 10.6. The Kier molecular flexibility index (Phi) is 6.77. The second-order valence-electron chi connectivity index (χ2n) is 7.17. The molecule has 0 saturated heterocycles. The number of nitrogens with one attached hydrogen (secondary N) is 3. The number of hydrazine groups is 1. The number of para-hydroxylation sites is 1. The maximum absolute atomic E-state index is 12.8. The van der Waals surface area contributed by atoms with Gasteiger partial charge in [0.05, 0.1) is 22.8 Å². The summed E-state index contributed by atoms with van der Waals surface area (Å²) in [5.41, 5.74) is 5.28. The van der Waals surface area contributed by atoms with Gasteiger partial charge in [-0.05, 0) is 35.9 Å². The summed E-state index contributed by atoms with van der Waals surface area (Å²) in [4.78, 5) is 44.1. The molecule has 0 unspecified atom stereocenters. The molecule has 0 radical (unpaired) electrons. The Balaban J connectivity index is 1.61. The first kappa shape index (κ1) is 23.1. The van der Waals surface area contributed by atoms with Gasteiger partial charge in [-0.2, -0.15) is 0 Å². The van der Waals surface area contributed by atoms with Crippen LogP contribution in [-0.2, 0) is 4.74 Å². The smallest absolute Gasteiger partial charge is 0.355 e. The molecule has 4 aromatic rings. The van der Waals surface area contributed by atoms with Crippen LogP contribution in [0.15, 0.2) is 73.1 Å². The number of amides is 1. The minimum Gasteiger partial charge on any atom is -0.462 e. The van der Waals surface area contributed by atoms with E-state index in [0.29, 0.717) is 5.56 Å². The van der Waals surface area contributed by atoms with Crippen molar-refractivity contribution < 1.29 is 19.2 Å². The van der Waals surface area contributed by atoms with Crippen molar-refractivity contribution in [1.29, 1.82) is 0 Å². The molecule has 0 atom stereocenters. The van der Waals surface area contributed by atoms with Crippen molar-refractivity contribution in [2.75, 3.05) is 17.3 Å². The van der Waals surface area contributed by atoms with E-state index in [1.807, 2.05) is 24.3 Å². The van der Waals surface area contributed by atoms with E-state index in [1.165, 1.54) is 6.07 Å². The number of aromatic nitrogens is 2. The van der Waals surface area contributed by atoms with Gasteiger partial charge in [0.15, 0.2) is 0 Å². The average molecular weight is 472 g/mol. The minimum absolute atomic E-state index is 0.172. The Labute approximate surface area is 199 Å². The molecule has 1 aromatic heterocycles. The van der Waals surface area contributed by atoms with E-state index in [1.54, 1.807) is 43.3 Å². The second-order valence-corrected chi connectivity index (χ2v) is 7.17. The predicted molar refractivity (Wildman–Crippen MR) is 129 cm³/mol. The molecule has 0 aliphatic carbocycles. The molecule has 176 valence electrons. The highest BCUT2D eigenvalue weighted by Gasteiger charge is 2.25. The van der Waals surface area contributed by atoms with Crippen LogP contribution in [0.25, 0.3) is 10.8 Å². The number of fused-ring (bicyclic) bond motifs is 1. The number of nitrogens with zero attached hydrogens (tertiary/aromatic N) is 3. The largest absolute Gasteiger partial charge is 0.462 e. The maximum Gasteiger partial charge on any atom is 0.355 e. The van der Waals surface area contributed by atoms with Crippen LogP contribution >= 0.6 is 0 Å². The van der Waals surface area contributed by atoms with Crippen molar-refractivity contribution >= 4 is 45.7 Å². The van der Waals surface area contributed by atoms with E-state index in [-0.39, 0.29) is 29.5 Å². The number of esters is 1. The fourth-order valence-electron chi connectivity index (χ4n) is 3.45. The molecular formula is C24H20N6O5. The number of hydrogen-bond donors (Lipinski definition) is 3. The van der Waals surface area contributed by atoms with Gasteiger partial charge in [0.2, 0.25) is 11.6 Å². The summed E-state index contributed by atoms with van der Waals surface area (Å²) in [6.07, 6.45) is 1.09. The molecular weight excluding hydrogens is 452 g/mol. The number of anilines is 3. The molecule has 11 heteroatoms. The van der Waals surface area contributed by atoms with E-state index in [0.717, 1.165) is 17.1 Å². The average Bonchev–Trinajstić information content (AvgIpc) is 2.87. The summed E-state index contributed by atoms with van der Waals surface area (Å²) in [5, 5.41) is 16.3. The van der Waals surface area contributed by atoms with Gasteiger partial charge < -0.3 is 10.1 Å². The van der Waals surface area contributed by atoms with E-state index in [9.17, 15) is 19.7 Å². The number of hydrogen-bond acceptors (Lipinski definition) is 9. The Morgan fingerprint density at radius 1 is 0.943 bits per heavy atom. The summed E-state index contributed by atoms with van der Waals surface area (Å²) in [6, 6.07) is 19.0. The monoisotopic (exact) mass is 472 g/mol. The molecule has 4 rings (SSSR count). The van der Waals surface area contributed by atoms with E-state index >= 15 is 0 Å². The van der Waals surface area contributed by atoms with Crippen LogP contribution in [0.1, 0.15) is 27.6 Å². The summed E-state index contributed by atoms with van der Waals surface area (Å²) in [5.74, 6) is -1.51. The molecule has 0 spiro atoms. The van der Waals surface area contributed by atoms with Crippen molar-refractivity contribution in [3.63, 3.8) is 0 Å². The fraction of sp³-hybridized carbons (Fsp3) is 0.0833. The lowest BCUT2D eigenvalue weighted by atomic mass is 10.0. The normalized spacial score (nSPS) is 10.4. The highest BCUT2D eigenvalue weighted by Crippen LogP contribution is 2.32. The Bertz CT molecular complexity index is 1420. The molecule has 3 N–H and O–H groups in total. The van der Waals surface area contributed by atoms with E-state index in [2.05, 4.69) is 26.1 Å². The quantitative estimate of drug-likeness (QED) is 0.195. The number of benzene rings is 3. The third-order valence-corrected chi connectivity index (χ3v) is 5.01. The molecule has 1 heterocycles. The lowest BCUT2D eigenvalue weighted by molar-refractivity contribution is -0.383. The Hall–Kier alpha value is -5.06. The standard InChI is InChI=1S/C24H20N6O5/c1-2-35-24(32)18-11-5-6-13-19(18)27-21-20(30(33)34)22(26-14-25-21)28-29-23(31)17-12-7-9-15-8-3-4-10-16(15)17/h3-14H,2H2,1H3,(H,29,31)(H2,25,26,27,28). The zero-order chi connectivity index (χ0) is 24.8. The lowest BCUT2D eigenvalue weighted by Gasteiger charge is -2.13. The molecule has 0 bridgehead atoms. The third kappa shape index (κ3) is 4.98. The topological polar surface area (TPSA) is 148 Å². The van der Waals surface area contributed by atoms with Gasteiger partial charge in [0.1, 0.15) is 6.33 Å². The van der Waals surface area contributed by atoms with Crippen LogP contribution < -0.4 is 16.2 Å². The maximum atomic E-state index is 12.8. The number of carbonyl (C=O) groups excluding carboxylic acids is 2. The van der Waals surface area contributed by atoms with Crippen LogP contribution in [0.4, 0.5) is 23.0 Å². The Morgan fingerprint density at radius 3 is 2.43 bits per heavy atom. The molecule has 0 saturated carbocycles. The highest BCUT2D eigenvalue weighted by molar-refractivity contribution is 6.07. The molecule has 1 amide bonds. The van der Waals surface area contributed by atoms with Gasteiger partial charge >= 0.3 is 11.7 Å². The summed E-state index contributed by atoms with van der Waals surface area (Å²) >= 11 is 0. The number of rotatable bonds is 8. The second kappa shape index (κ2) is 10.3. The highest BCUT2D eigenvalue weighted by atomic mass is 16.6. The van der Waals surface area contributed by atoms with Crippen molar-refractivity contribution in [3.05, 3.63) is 94.3 Å². The predicted octanol–water partition coefficient (Wildman–Crippen LogP) is 4.22. The third-order valence-electron chi connectivity index (χ3n) is 5.01. The zero-order valence-corrected chi connectivity index (χ0v) is 18.5. The van der Waals surface area contributed by atoms with Crippen molar-refractivity contribution in [2.45, 2.75) is 6.92 Å². The molecule has 0 aliphatic rings. The molecule has 0 fully saturated rings. The number of ether oxygens (including phenoxy) is 1. The van der Waals surface area contributed by atoms with E-state index < -0.39 is 22.5 Å². The number of carbonyl (C=O) groups is 2. The Morgan fingerprint density at radius 2 is 1.63 bits per heavy atom. The van der Waals surface area contributed by atoms with Gasteiger partial charge in [0.25, 0.3) is 5.91 Å². The first-order valence-electron chi connectivity index (χ1n) is 10.6. The summed E-state index contributed by atoms with van der Waals surface area (Å²) in [6.45, 7) is 1.85. The van der Waals surface area contributed by atoms with Crippen molar-refractivity contribution in [2.24, 2.45) is 0 Å². The van der Waals surface area contributed by atoms with Gasteiger partial charge in [-0.15, -0.1) is 0 Å². The SMILES string of the molecule is CCOC(=O)c1ccccc1Nc1ncnc(NNC(=O)c2cccc3ccccc23)c1[N+](=O)[O-]. The lowest BCUT2D eigenvalue weighted by Crippen LogP contribution is -2.30. The fourth-order valence-corrected chi connectivity index (χ4v) is 3.45. The van der Waals surface area contributed by atoms with Crippen LogP contribution in [-0.4, -0.2) is 33.4 Å². The van der Waals surface area contributed by atoms with Crippen LogP contribution in [0.5, 0.6) is 0 Å². The van der Waals surface area contributed by atoms with Crippen LogP contribution in [0.2, 0.25) is 0 Å². The summed E-state index contributed by atoms with van der Waals surface area (Å²) in [7, 11) is 0. The minimum atomic E-state index is -0.693. The van der Waals surface area contributed by atoms with Gasteiger partial charge in [0, 0.05) is 5.56 Å². The summed E-state index contributed by atoms with van der Waals surface area (Å²) < 4.78 is 5.04. The first-order chi connectivity index (χ1) is 17.0. The van der Waals surface area contributed by atoms with E-state index in [4.69, 9.17) is 4.74 Å². The van der Waals surface area contributed by atoms with Gasteiger partial charge in [-0.3, -0.25) is 25.8 Å².